The first-order chi connectivity index (χ1) is 18.1. The maximum atomic E-state index is 12.1. The third-order valence-corrected chi connectivity index (χ3v) is 6.18. The molecule has 204 valence electrons. The number of amides is 1. The molecule has 1 aliphatic rings. The summed E-state index contributed by atoms with van der Waals surface area (Å²) in [5, 5.41) is 16.6. The number of benzene rings is 3. The summed E-state index contributed by atoms with van der Waals surface area (Å²) in [5.41, 5.74) is 3.69. The molecule has 9 heteroatoms. The first-order valence-corrected chi connectivity index (χ1v) is 12.4. The monoisotopic (exact) mass is 542 g/mol. The van der Waals surface area contributed by atoms with Crippen molar-refractivity contribution >= 4 is 24.0 Å². The summed E-state index contributed by atoms with van der Waals surface area (Å²) in [6.45, 7) is 1.62. The maximum Gasteiger partial charge on any atom is 0.224 e. The van der Waals surface area contributed by atoms with Crippen LogP contribution in [0.3, 0.4) is 0 Å². The topological polar surface area (TPSA) is 98.3 Å². The van der Waals surface area contributed by atoms with Gasteiger partial charge in [-0.2, -0.15) is 0 Å². The largest absolute Gasteiger partial charge is 0.493 e. The third-order valence-electron chi connectivity index (χ3n) is 6.18. The van der Waals surface area contributed by atoms with Crippen molar-refractivity contribution < 1.29 is 28.8 Å². The fraction of sp³-hybridized carbons (Fsp3) is 0.345. The number of aliphatic hydroxyl groups excluding tert-OH is 1. The van der Waals surface area contributed by atoms with Crippen molar-refractivity contribution in [3.05, 3.63) is 77.4 Å². The summed E-state index contributed by atoms with van der Waals surface area (Å²) in [4.78, 5) is 12.1. The molecule has 38 heavy (non-hydrogen) atoms. The average Bonchev–Trinajstić information content (AvgIpc) is 2.93. The van der Waals surface area contributed by atoms with Crippen LogP contribution in [0.15, 0.2) is 60.7 Å². The lowest BCUT2D eigenvalue weighted by Crippen LogP contribution is -2.32. The van der Waals surface area contributed by atoms with Crippen LogP contribution in [0.5, 0.6) is 23.0 Å². The van der Waals surface area contributed by atoms with E-state index in [1.54, 1.807) is 20.3 Å². The second kappa shape index (κ2) is 14.5. The number of carbonyl (C=O) groups excluding carboxylic acids is 1. The molecule has 3 N–H and O–H groups in total. The Morgan fingerprint density at radius 1 is 0.895 bits per heavy atom. The highest BCUT2D eigenvalue weighted by atomic mass is 35.5. The number of ether oxygens (including phenoxy) is 4. The number of methoxy groups -OCH3 is 2. The molecular formula is C29H35ClN2O6. The lowest BCUT2D eigenvalue weighted by molar-refractivity contribution is -0.116. The van der Waals surface area contributed by atoms with Crippen LogP contribution in [-0.4, -0.2) is 51.0 Å². The molecule has 3 aromatic carbocycles. The number of rotatable bonds is 13. The SMILES string of the molecule is COc1ccc(CCNCC(O)COc2ccc(OCc3ccccc3)c3c2CCC(=O)N3)cc1OC.Cl. The van der Waals surface area contributed by atoms with E-state index in [-0.39, 0.29) is 24.9 Å². The van der Waals surface area contributed by atoms with Gasteiger partial charge < -0.3 is 34.7 Å². The molecule has 0 radical (unpaired) electrons. The number of nitrogens with one attached hydrogen (secondary N) is 2. The molecule has 0 spiro atoms. The summed E-state index contributed by atoms with van der Waals surface area (Å²) >= 11 is 0. The molecular weight excluding hydrogens is 508 g/mol. The van der Waals surface area contributed by atoms with E-state index in [0.29, 0.717) is 61.2 Å². The zero-order valence-corrected chi connectivity index (χ0v) is 22.5. The Hall–Kier alpha value is -3.46. The molecule has 0 fully saturated rings. The minimum absolute atomic E-state index is 0. The van der Waals surface area contributed by atoms with E-state index >= 15 is 0 Å². The molecule has 3 aromatic rings. The van der Waals surface area contributed by atoms with E-state index < -0.39 is 6.10 Å². The van der Waals surface area contributed by atoms with Crippen LogP contribution >= 0.6 is 12.4 Å². The van der Waals surface area contributed by atoms with Crippen LogP contribution in [0.25, 0.3) is 0 Å². The quantitative estimate of drug-likeness (QED) is 0.279. The van der Waals surface area contributed by atoms with Gasteiger partial charge in [0.2, 0.25) is 5.91 Å². The van der Waals surface area contributed by atoms with E-state index in [9.17, 15) is 9.90 Å². The van der Waals surface area contributed by atoms with Crippen molar-refractivity contribution in [2.75, 3.05) is 39.2 Å². The van der Waals surface area contributed by atoms with Crippen LogP contribution in [0.2, 0.25) is 0 Å². The number of hydrogen-bond acceptors (Lipinski definition) is 7. The van der Waals surface area contributed by atoms with Crippen molar-refractivity contribution in [1.82, 2.24) is 5.32 Å². The Balaban J connectivity index is 0.00000400. The molecule has 0 bridgehead atoms. The number of aliphatic hydroxyl groups is 1. The van der Waals surface area contributed by atoms with Gasteiger partial charge in [0.15, 0.2) is 11.5 Å². The van der Waals surface area contributed by atoms with Crippen molar-refractivity contribution in [3.63, 3.8) is 0 Å². The van der Waals surface area contributed by atoms with E-state index in [4.69, 9.17) is 18.9 Å². The van der Waals surface area contributed by atoms with Gasteiger partial charge >= 0.3 is 0 Å². The normalized spacial score (nSPS) is 13.0. The lowest BCUT2D eigenvalue weighted by Gasteiger charge is -2.24. The number of halogens is 1. The molecule has 1 amide bonds. The molecule has 0 aliphatic carbocycles. The van der Waals surface area contributed by atoms with Gasteiger partial charge in [-0.25, -0.2) is 0 Å². The highest BCUT2D eigenvalue weighted by Crippen LogP contribution is 2.39. The lowest BCUT2D eigenvalue weighted by atomic mass is 10.0. The van der Waals surface area contributed by atoms with Crippen molar-refractivity contribution in [2.24, 2.45) is 0 Å². The molecule has 0 saturated carbocycles. The molecule has 0 saturated heterocycles. The molecule has 8 nitrogen and oxygen atoms in total. The number of anilines is 1. The molecule has 1 unspecified atom stereocenters. The minimum Gasteiger partial charge on any atom is -0.493 e. The first kappa shape index (κ1) is 29.1. The second-order valence-corrected chi connectivity index (χ2v) is 8.85. The molecule has 0 aromatic heterocycles. The fourth-order valence-corrected chi connectivity index (χ4v) is 4.21. The van der Waals surface area contributed by atoms with Gasteiger partial charge in [0.25, 0.3) is 0 Å². The van der Waals surface area contributed by atoms with Crippen LogP contribution in [0, 0.1) is 0 Å². The van der Waals surface area contributed by atoms with Gasteiger partial charge in [-0.1, -0.05) is 36.4 Å². The van der Waals surface area contributed by atoms with Gasteiger partial charge in [0, 0.05) is 18.5 Å². The highest BCUT2D eigenvalue weighted by Gasteiger charge is 2.23. The summed E-state index contributed by atoms with van der Waals surface area (Å²) in [6.07, 6.45) is 1.03. The summed E-state index contributed by atoms with van der Waals surface area (Å²) in [6, 6.07) is 19.3. The van der Waals surface area contributed by atoms with Crippen LogP contribution < -0.4 is 29.6 Å². The Morgan fingerprint density at radius 3 is 2.39 bits per heavy atom. The molecule has 4 rings (SSSR count). The average molecular weight is 543 g/mol. The van der Waals surface area contributed by atoms with Crippen molar-refractivity contribution in [3.8, 4) is 23.0 Å². The third kappa shape index (κ3) is 7.77. The van der Waals surface area contributed by atoms with Crippen LogP contribution in [-0.2, 0) is 24.2 Å². The first-order valence-electron chi connectivity index (χ1n) is 12.4. The predicted octanol–water partition coefficient (Wildman–Crippen LogP) is 4.16. The predicted molar refractivity (Wildman–Crippen MR) is 149 cm³/mol. The zero-order chi connectivity index (χ0) is 26.0. The smallest absolute Gasteiger partial charge is 0.224 e. The van der Waals surface area contributed by atoms with E-state index in [1.165, 1.54) is 0 Å². The summed E-state index contributed by atoms with van der Waals surface area (Å²) in [7, 11) is 3.23. The number of fused-ring (bicyclic) bond motifs is 1. The van der Waals surface area contributed by atoms with E-state index in [0.717, 1.165) is 23.1 Å². The molecule has 1 aliphatic heterocycles. The maximum absolute atomic E-state index is 12.1. The second-order valence-electron chi connectivity index (χ2n) is 8.85. The number of carbonyl (C=O) groups is 1. The molecule has 1 atom stereocenters. The standard InChI is InChI=1S/C29H34N2O6.ClH/c1-34-25-10-8-20(16-27(25)35-2)14-15-30-17-22(32)19-37-24-11-12-26(29-23(24)9-13-28(33)31-29)36-18-21-6-4-3-5-7-21;/h3-8,10-12,16,22,30,32H,9,13-15,17-19H2,1-2H3,(H,31,33);1H. The minimum atomic E-state index is -0.687. The van der Waals surface area contributed by atoms with Gasteiger partial charge in [-0.3, -0.25) is 4.79 Å². The van der Waals surface area contributed by atoms with E-state index in [2.05, 4.69) is 10.6 Å². The Kier molecular flexibility index (Phi) is 11.1. The van der Waals surface area contributed by atoms with Crippen LogP contribution in [0.4, 0.5) is 5.69 Å². The van der Waals surface area contributed by atoms with Gasteiger partial charge in [0.1, 0.15) is 30.8 Å². The van der Waals surface area contributed by atoms with Crippen LogP contribution in [0.1, 0.15) is 23.1 Å². The zero-order valence-electron chi connectivity index (χ0n) is 21.7. The fourth-order valence-electron chi connectivity index (χ4n) is 4.21. The summed E-state index contributed by atoms with van der Waals surface area (Å²) < 4.78 is 22.6. The Bertz CT molecular complexity index is 1190. The Morgan fingerprint density at radius 2 is 1.63 bits per heavy atom. The van der Waals surface area contributed by atoms with Crippen molar-refractivity contribution in [2.45, 2.75) is 32.0 Å². The highest BCUT2D eigenvalue weighted by molar-refractivity contribution is 5.96. The van der Waals surface area contributed by atoms with Gasteiger partial charge in [-0.05, 0) is 54.8 Å². The number of hydrogen-bond donors (Lipinski definition) is 3. The summed E-state index contributed by atoms with van der Waals surface area (Å²) in [5.74, 6) is 2.60. The van der Waals surface area contributed by atoms with Crippen molar-refractivity contribution in [1.29, 1.82) is 0 Å². The van der Waals surface area contributed by atoms with Gasteiger partial charge in [0.05, 0.1) is 19.9 Å². The van der Waals surface area contributed by atoms with Gasteiger partial charge in [-0.15, -0.1) is 12.4 Å². The molecule has 1 heterocycles. The van der Waals surface area contributed by atoms with E-state index in [1.807, 2.05) is 54.6 Å². The Labute approximate surface area is 229 Å².